The van der Waals surface area contributed by atoms with Crippen molar-refractivity contribution in [2.75, 3.05) is 5.75 Å². The van der Waals surface area contributed by atoms with Gasteiger partial charge in [0.1, 0.15) is 5.75 Å². The molecule has 4 heteroatoms. The van der Waals surface area contributed by atoms with Gasteiger partial charge in [-0.2, -0.15) is 0 Å². The highest BCUT2D eigenvalue weighted by Gasteiger charge is 2.31. The molecule has 1 aliphatic rings. The third-order valence-electron chi connectivity index (χ3n) is 2.10. The SMILES string of the molecule is O=C(O)C1CSc2cccc(O)c21. The maximum absolute atomic E-state index is 10.8. The molecule has 1 atom stereocenters. The number of rotatable bonds is 1. The largest absolute Gasteiger partial charge is 0.508 e. The number of phenolic OH excluding ortho intramolecular Hbond substituents is 1. The molecule has 0 saturated heterocycles. The quantitative estimate of drug-likeness (QED) is 0.717. The van der Waals surface area contributed by atoms with E-state index < -0.39 is 11.9 Å². The number of carbonyl (C=O) groups is 1. The number of hydrogen-bond acceptors (Lipinski definition) is 3. The van der Waals surface area contributed by atoms with Crippen LogP contribution in [0, 0.1) is 0 Å². The van der Waals surface area contributed by atoms with Crippen LogP contribution in [0.4, 0.5) is 0 Å². The average molecular weight is 196 g/mol. The van der Waals surface area contributed by atoms with E-state index in [1.807, 2.05) is 6.07 Å². The number of phenols is 1. The van der Waals surface area contributed by atoms with E-state index in [1.54, 1.807) is 6.07 Å². The van der Waals surface area contributed by atoms with Crippen LogP contribution in [0.15, 0.2) is 23.1 Å². The van der Waals surface area contributed by atoms with Crippen molar-refractivity contribution < 1.29 is 15.0 Å². The van der Waals surface area contributed by atoms with Gasteiger partial charge in [-0.15, -0.1) is 11.8 Å². The van der Waals surface area contributed by atoms with Gasteiger partial charge >= 0.3 is 5.97 Å². The van der Waals surface area contributed by atoms with E-state index in [-0.39, 0.29) is 5.75 Å². The Balaban J connectivity index is 2.52. The van der Waals surface area contributed by atoms with E-state index in [2.05, 4.69) is 0 Å². The maximum Gasteiger partial charge on any atom is 0.312 e. The summed E-state index contributed by atoms with van der Waals surface area (Å²) in [5.41, 5.74) is 0.569. The second-order valence-electron chi connectivity index (χ2n) is 2.89. The van der Waals surface area contributed by atoms with E-state index >= 15 is 0 Å². The number of thioether (sulfide) groups is 1. The monoisotopic (exact) mass is 196 g/mol. The third kappa shape index (κ3) is 1.27. The summed E-state index contributed by atoms with van der Waals surface area (Å²) in [5.74, 6) is -0.814. The number of benzene rings is 1. The Labute approximate surface area is 79.4 Å². The van der Waals surface area contributed by atoms with Crippen molar-refractivity contribution in [3.63, 3.8) is 0 Å². The lowest BCUT2D eigenvalue weighted by atomic mass is 10.0. The summed E-state index contributed by atoms with van der Waals surface area (Å²) >= 11 is 1.48. The number of aromatic hydroxyl groups is 1. The predicted octanol–water partition coefficient (Wildman–Crippen LogP) is 1.67. The summed E-state index contributed by atoms with van der Waals surface area (Å²) in [4.78, 5) is 11.7. The fourth-order valence-electron chi connectivity index (χ4n) is 1.46. The van der Waals surface area contributed by atoms with E-state index in [4.69, 9.17) is 5.11 Å². The van der Waals surface area contributed by atoms with Crippen molar-refractivity contribution in [2.24, 2.45) is 0 Å². The topological polar surface area (TPSA) is 57.5 Å². The zero-order valence-corrected chi connectivity index (χ0v) is 7.54. The summed E-state index contributed by atoms with van der Waals surface area (Å²) in [5, 5.41) is 18.3. The molecule has 0 saturated carbocycles. The molecule has 0 radical (unpaired) electrons. The smallest absolute Gasteiger partial charge is 0.312 e. The molecule has 0 aromatic heterocycles. The highest BCUT2D eigenvalue weighted by atomic mass is 32.2. The lowest BCUT2D eigenvalue weighted by Gasteiger charge is -2.05. The van der Waals surface area contributed by atoms with Crippen molar-refractivity contribution >= 4 is 17.7 Å². The van der Waals surface area contributed by atoms with Gasteiger partial charge in [0.25, 0.3) is 0 Å². The minimum atomic E-state index is -0.868. The molecule has 0 aliphatic carbocycles. The number of fused-ring (bicyclic) bond motifs is 1. The van der Waals surface area contributed by atoms with Crippen molar-refractivity contribution in [3.05, 3.63) is 23.8 Å². The first-order valence-electron chi connectivity index (χ1n) is 3.87. The molecule has 3 nitrogen and oxygen atoms in total. The van der Waals surface area contributed by atoms with Crippen molar-refractivity contribution in [1.29, 1.82) is 0 Å². The fourth-order valence-corrected chi connectivity index (χ4v) is 2.69. The molecule has 1 aromatic carbocycles. The molecular weight excluding hydrogens is 188 g/mol. The first-order valence-corrected chi connectivity index (χ1v) is 4.86. The van der Waals surface area contributed by atoms with Crippen LogP contribution in [-0.2, 0) is 4.79 Å². The zero-order valence-electron chi connectivity index (χ0n) is 6.73. The van der Waals surface area contributed by atoms with Gasteiger partial charge in [-0.3, -0.25) is 4.79 Å². The maximum atomic E-state index is 10.8. The first-order chi connectivity index (χ1) is 6.20. The molecule has 2 N–H and O–H groups in total. The van der Waals surface area contributed by atoms with Gasteiger partial charge in [-0.25, -0.2) is 0 Å². The van der Waals surface area contributed by atoms with Gasteiger partial charge in [0, 0.05) is 16.2 Å². The van der Waals surface area contributed by atoms with Crippen molar-refractivity contribution in [2.45, 2.75) is 10.8 Å². The molecular formula is C9H8O3S. The highest BCUT2D eigenvalue weighted by Crippen LogP contribution is 2.43. The second kappa shape index (κ2) is 2.96. The van der Waals surface area contributed by atoms with Crippen molar-refractivity contribution in [1.82, 2.24) is 0 Å². The molecule has 2 rings (SSSR count). The normalized spacial score (nSPS) is 19.8. The molecule has 0 fully saturated rings. The highest BCUT2D eigenvalue weighted by molar-refractivity contribution is 7.99. The Morgan fingerprint density at radius 2 is 2.31 bits per heavy atom. The van der Waals surface area contributed by atoms with Gasteiger partial charge in [0.2, 0.25) is 0 Å². The molecule has 0 spiro atoms. The van der Waals surface area contributed by atoms with Crippen LogP contribution < -0.4 is 0 Å². The molecule has 1 unspecified atom stereocenters. The van der Waals surface area contributed by atoms with Crippen LogP contribution >= 0.6 is 11.8 Å². The van der Waals surface area contributed by atoms with E-state index in [0.29, 0.717) is 11.3 Å². The Hall–Kier alpha value is -1.16. The Bertz CT molecular complexity index is 362. The minimum Gasteiger partial charge on any atom is -0.508 e. The van der Waals surface area contributed by atoms with Crippen LogP contribution in [0.3, 0.4) is 0 Å². The number of carboxylic acids is 1. The van der Waals surface area contributed by atoms with Crippen LogP contribution in [0.25, 0.3) is 0 Å². The Morgan fingerprint density at radius 3 is 3.00 bits per heavy atom. The van der Waals surface area contributed by atoms with Crippen molar-refractivity contribution in [3.8, 4) is 5.75 Å². The fraction of sp³-hybridized carbons (Fsp3) is 0.222. The van der Waals surface area contributed by atoms with E-state index in [1.165, 1.54) is 17.8 Å². The van der Waals surface area contributed by atoms with E-state index in [0.717, 1.165) is 4.90 Å². The summed E-state index contributed by atoms with van der Waals surface area (Å²) in [6, 6.07) is 5.09. The lowest BCUT2D eigenvalue weighted by molar-refractivity contribution is -0.138. The average Bonchev–Trinajstić information content (AvgIpc) is 2.49. The minimum absolute atomic E-state index is 0.0925. The van der Waals surface area contributed by atoms with Crippen LogP contribution in [0.5, 0.6) is 5.75 Å². The number of carboxylic acid groups (broad SMARTS) is 1. The zero-order chi connectivity index (χ0) is 9.42. The molecule has 13 heavy (non-hydrogen) atoms. The standard InChI is InChI=1S/C9H8O3S/c10-6-2-1-3-7-8(6)5(4-13-7)9(11)12/h1-3,5,10H,4H2,(H,11,12). The van der Waals surface area contributed by atoms with Crippen LogP contribution in [-0.4, -0.2) is 21.9 Å². The molecule has 0 amide bonds. The molecule has 68 valence electrons. The van der Waals surface area contributed by atoms with Gasteiger partial charge in [-0.05, 0) is 12.1 Å². The first kappa shape index (κ1) is 8.44. The van der Waals surface area contributed by atoms with Gasteiger partial charge in [0.15, 0.2) is 0 Å². The second-order valence-corrected chi connectivity index (χ2v) is 3.95. The molecule has 1 heterocycles. The molecule has 1 aliphatic heterocycles. The summed E-state index contributed by atoms with van der Waals surface area (Å²) in [7, 11) is 0. The summed E-state index contributed by atoms with van der Waals surface area (Å²) in [6.45, 7) is 0. The Morgan fingerprint density at radius 1 is 1.54 bits per heavy atom. The predicted molar refractivity (Wildman–Crippen MR) is 49.2 cm³/mol. The third-order valence-corrected chi connectivity index (χ3v) is 3.26. The number of aliphatic carboxylic acids is 1. The van der Waals surface area contributed by atoms with Crippen LogP contribution in [0.1, 0.15) is 11.5 Å². The molecule has 0 bridgehead atoms. The van der Waals surface area contributed by atoms with Gasteiger partial charge in [0.05, 0.1) is 5.92 Å². The molecule has 1 aromatic rings. The number of hydrogen-bond donors (Lipinski definition) is 2. The van der Waals surface area contributed by atoms with Crippen LogP contribution in [0.2, 0.25) is 0 Å². The van der Waals surface area contributed by atoms with Gasteiger partial charge in [-0.1, -0.05) is 6.07 Å². The summed E-state index contributed by atoms with van der Waals surface area (Å²) in [6.07, 6.45) is 0. The summed E-state index contributed by atoms with van der Waals surface area (Å²) < 4.78 is 0. The Kier molecular flexibility index (Phi) is 1.92. The lowest BCUT2D eigenvalue weighted by Crippen LogP contribution is -2.10. The van der Waals surface area contributed by atoms with Gasteiger partial charge < -0.3 is 10.2 Å². The van der Waals surface area contributed by atoms with E-state index in [9.17, 15) is 9.90 Å².